The standard InChI is InChI=1S/2C9H11NO2.3C6H13NO2.C5H11NO2.C4H9NO3.2C2H5NO2/c2*10-8(9(11)12)6-7-4-2-1-3-5-7;2*1-4(2)3-5(7)6(8)9;1-3-4(2)5(7)6(8)9;1-3(2)4(6)5(7)8;1-2(6)3(5)4(7)8;2*3-1-2(4)5/h2*1-5,8H,6,10H2,(H,11,12);3*4-5H,3,7H2,1-2H3,(H,8,9);3-4H,6H2,1-2H3,(H,7,8);2-3,6H,5H2,1H3,(H,7,8);2*1,3H2,(H,4,5)/t2*8-;2*5-;4-,5-;4-;2-,3+;;/m0000001../s1. The second kappa shape index (κ2) is 51.4. The number of aliphatic hydroxyl groups excluding tert-OH is 1. The molecule has 9 atom stereocenters. The number of hydrogen-bond donors (Lipinski definition) is 19. The normalized spacial score (nSPS) is 13.3. The number of benzene rings is 2. The van der Waals surface area contributed by atoms with Crippen LogP contribution in [-0.2, 0) is 56.0 Å². The van der Waals surface area contributed by atoms with Gasteiger partial charge in [-0.15, -0.1) is 0 Å². The van der Waals surface area contributed by atoms with Crippen molar-refractivity contribution < 1.29 is 94.2 Å². The van der Waals surface area contributed by atoms with Crippen molar-refractivity contribution in [3.8, 4) is 0 Å². The third-order valence-corrected chi connectivity index (χ3v) is 9.02. The molecule has 0 aliphatic heterocycles. The summed E-state index contributed by atoms with van der Waals surface area (Å²) in [5, 5.41) is 82.0. The lowest BCUT2D eigenvalue weighted by molar-refractivity contribution is -0.141. The Bertz CT molecular complexity index is 1780. The van der Waals surface area contributed by atoms with Gasteiger partial charge in [0.05, 0.1) is 19.2 Å². The van der Waals surface area contributed by atoms with Crippen LogP contribution >= 0.6 is 0 Å². The highest BCUT2D eigenvalue weighted by Gasteiger charge is 2.18. The number of carboxylic acid groups (broad SMARTS) is 9. The Labute approximate surface area is 449 Å². The molecular formula is C49H91N9O19. The third-order valence-electron chi connectivity index (χ3n) is 9.02. The van der Waals surface area contributed by atoms with Crippen LogP contribution in [0.15, 0.2) is 60.7 Å². The van der Waals surface area contributed by atoms with Crippen LogP contribution in [-0.4, -0.2) is 166 Å². The van der Waals surface area contributed by atoms with E-state index in [4.69, 9.17) is 91.2 Å². The molecule has 28 N–H and O–H groups in total. The van der Waals surface area contributed by atoms with E-state index in [1.54, 1.807) is 13.8 Å². The predicted octanol–water partition coefficient (Wildman–Crippen LogP) is -0.492. The van der Waals surface area contributed by atoms with E-state index in [2.05, 4.69) is 11.5 Å². The van der Waals surface area contributed by atoms with Gasteiger partial charge in [-0.3, -0.25) is 43.2 Å². The lowest BCUT2D eigenvalue weighted by atomic mass is 10.0. The number of carboxylic acids is 9. The van der Waals surface area contributed by atoms with Crippen molar-refractivity contribution in [3.63, 3.8) is 0 Å². The van der Waals surface area contributed by atoms with Gasteiger partial charge in [-0.1, -0.05) is 122 Å². The van der Waals surface area contributed by atoms with Crippen LogP contribution < -0.4 is 51.6 Å². The minimum atomic E-state index is -1.18. The van der Waals surface area contributed by atoms with E-state index >= 15 is 0 Å². The molecule has 0 bridgehead atoms. The molecule has 2 rings (SSSR count). The van der Waals surface area contributed by atoms with Crippen LogP contribution in [0.25, 0.3) is 0 Å². The van der Waals surface area contributed by atoms with Crippen molar-refractivity contribution in [1.29, 1.82) is 0 Å². The van der Waals surface area contributed by atoms with Gasteiger partial charge in [-0.2, -0.15) is 0 Å². The van der Waals surface area contributed by atoms with Gasteiger partial charge in [-0.25, -0.2) is 0 Å². The van der Waals surface area contributed by atoms with Crippen molar-refractivity contribution >= 4 is 53.7 Å². The molecule has 2 aromatic carbocycles. The average Bonchev–Trinajstić information content (AvgIpc) is 3.34. The molecule has 0 unspecified atom stereocenters. The first-order valence-corrected chi connectivity index (χ1v) is 23.7. The van der Waals surface area contributed by atoms with Crippen LogP contribution in [0.2, 0.25) is 0 Å². The lowest BCUT2D eigenvalue weighted by Crippen LogP contribution is -2.39. The molecule has 0 saturated carbocycles. The zero-order valence-electron chi connectivity index (χ0n) is 45.5. The summed E-state index contributed by atoms with van der Waals surface area (Å²) in [5.41, 5.74) is 47.5. The molecule has 0 aliphatic carbocycles. The molecule has 0 radical (unpaired) electrons. The number of hydrogen-bond acceptors (Lipinski definition) is 19. The molecule has 0 spiro atoms. The molecule has 2 aromatic rings. The first-order valence-electron chi connectivity index (χ1n) is 23.7. The summed E-state index contributed by atoms with van der Waals surface area (Å²) >= 11 is 0. The fourth-order valence-electron chi connectivity index (χ4n) is 4.12. The highest BCUT2D eigenvalue weighted by Crippen LogP contribution is 2.05. The Kier molecular flexibility index (Phi) is 56.2. The first kappa shape index (κ1) is 84.2. The first-order chi connectivity index (χ1) is 35.2. The molecule has 0 aromatic heterocycles. The predicted molar refractivity (Wildman–Crippen MR) is 288 cm³/mol. The van der Waals surface area contributed by atoms with Gasteiger partial charge in [0.15, 0.2) is 0 Å². The van der Waals surface area contributed by atoms with Gasteiger partial charge in [-0.05, 0) is 67.4 Å². The summed E-state index contributed by atoms with van der Waals surface area (Å²) in [6.45, 7) is 15.9. The summed E-state index contributed by atoms with van der Waals surface area (Å²) in [4.78, 5) is 89.5. The Balaban J connectivity index is -0.000000145. The molecule has 77 heavy (non-hydrogen) atoms. The quantitative estimate of drug-likeness (QED) is 0.0750. The van der Waals surface area contributed by atoms with E-state index in [1.807, 2.05) is 102 Å². The maximum atomic E-state index is 10.4. The zero-order valence-corrected chi connectivity index (χ0v) is 45.5. The number of carbonyl (C=O) groups is 9. The lowest BCUT2D eigenvalue weighted by Gasteiger charge is -2.11. The minimum Gasteiger partial charge on any atom is -0.480 e. The highest BCUT2D eigenvalue weighted by atomic mass is 16.4. The van der Waals surface area contributed by atoms with Crippen LogP contribution in [0.5, 0.6) is 0 Å². The molecule has 0 fully saturated rings. The second-order valence-electron chi connectivity index (χ2n) is 17.6. The van der Waals surface area contributed by atoms with E-state index < -0.39 is 102 Å². The summed E-state index contributed by atoms with van der Waals surface area (Å²) in [7, 11) is 0. The van der Waals surface area contributed by atoms with Gasteiger partial charge < -0.3 is 103 Å². The Morgan fingerprint density at radius 2 is 0.649 bits per heavy atom. The SMILES string of the molecule is CC(C)C[C@H](N)C(=O)O.CC(C)C[C@H](N)C(=O)O.CC(C)[C@H](N)C(=O)O.CC[C@H](C)[C@H](N)C(=O)O.C[C@@H](O)[C@H](N)C(=O)O.NCC(=O)O.NCC(=O)O.N[C@@H](Cc1ccccc1)C(=O)O.N[C@@H](Cc1ccccc1)C(=O)O. The van der Waals surface area contributed by atoms with E-state index in [1.165, 1.54) is 6.92 Å². The molecule has 28 heteroatoms. The molecular weight excluding hydrogens is 1020 g/mol. The molecule has 0 saturated heterocycles. The summed E-state index contributed by atoms with van der Waals surface area (Å²) in [6.07, 6.45) is 1.71. The Morgan fingerprint density at radius 3 is 0.753 bits per heavy atom. The van der Waals surface area contributed by atoms with E-state index in [-0.39, 0.29) is 24.9 Å². The Morgan fingerprint density at radius 1 is 0.403 bits per heavy atom. The third kappa shape index (κ3) is 61.7. The van der Waals surface area contributed by atoms with Crippen molar-refractivity contribution in [2.45, 2.75) is 143 Å². The van der Waals surface area contributed by atoms with Crippen molar-refractivity contribution in [2.24, 2.45) is 75.3 Å². The minimum absolute atomic E-state index is 0.0208. The van der Waals surface area contributed by atoms with Gasteiger partial charge >= 0.3 is 53.7 Å². The zero-order chi connectivity index (χ0) is 62.3. The van der Waals surface area contributed by atoms with Crippen molar-refractivity contribution in [3.05, 3.63) is 71.8 Å². The monoisotopic (exact) mass is 1110 g/mol. The van der Waals surface area contributed by atoms with E-state index in [0.29, 0.717) is 37.5 Å². The largest absolute Gasteiger partial charge is 0.480 e. The second-order valence-corrected chi connectivity index (χ2v) is 17.6. The molecule has 0 amide bonds. The van der Waals surface area contributed by atoms with Gasteiger partial charge in [0.2, 0.25) is 0 Å². The molecule has 446 valence electrons. The van der Waals surface area contributed by atoms with E-state index in [0.717, 1.165) is 17.5 Å². The Hall–Kier alpha value is -6.73. The van der Waals surface area contributed by atoms with Crippen LogP contribution in [0.4, 0.5) is 0 Å². The molecule has 0 heterocycles. The smallest absolute Gasteiger partial charge is 0.323 e. The maximum Gasteiger partial charge on any atom is 0.323 e. The summed E-state index contributed by atoms with van der Waals surface area (Å²) in [5.74, 6) is -7.90. The van der Waals surface area contributed by atoms with Crippen LogP contribution in [0.1, 0.15) is 92.7 Å². The fraction of sp³-hybridized carbons (Fsp3) is 0.571. The van der Waals surface area contributed by atoms with Gasteiger partial charge in [0.25, 0.3) is 0 Å². The number of aliphatic carboxylic acids is 9. The molecule has 0 aliphatic rings. The summed E-state index contributed by atoms with van der Waals surface area (Å²) < 4.78 is 0. The number of aliphatic hydroxyl groups is 1. The van der Waals surface area contributed by atoms with E-state index in [9.17, 15) is 43.2 Å². The van der Waals surface area contributed by atoms with Crippen molar-refractivity contribution in [1.82, 2.24) is 0 Å². The topological polar surface area (TPSA) is 590 Å². The van der Waals surface area contributed by atoms with Gasteiger partial charge in [0, 0.05) is 0 Å². The van der Waals surface area contributed by atoms with Gasteiger partial charge in [0.1, 0.15) is 42.3 Å². The number of rotatable bonds is 21. The highest BCUT2D eigenvalue weighted by molar-refractivity contribution is 5.75. The maximum absolute atomic E-state index is 10.4. The average molecular weight is 1110 g/mol. The van der Waals surface area contributed by atoms with Crippen LogP contribution in [0, 0.1) is 23.7 Å². The van der Waals surface area contributed by atoms with Crippen LogP contribution in [0.3, 0.4) is 0 Å². The number of nitrogens with two attached hydrogens (primary N) is 9. The fourth-order valence-corrected chi connectivity index (χ4v) is 4.12. The molecule has 28 nitrogen and oxygen atoms in total. The van der Waals surface area contributed by atoms with Crippen molar-refractivity contribution in [2.75, 3.05) is 13.1 Å². The summed E-state index contributed by atoms with van der Waals surface area (Å²) in [6, 6.07) is 13.1.